The number of rotatable bonds is 2. The summed E-state index contributed by atoms with van der Waals surface area (Å²) in [5.41, 5.74) is -0.567. The second-order valence-corrected chi connectivity index (χ2v) is 13.5. The normalized spacial score (nSPS) is 17.2. The van der Waals surface area contributed by atoms with Crippen LogP contribution in [0, 0.1) is 17.3 Å². The van der Waals surface area contributed by atoms with E-state index in [0.717, 1.165) is 37.4 Å². The van der Waals surface area contributed by atoms with Crippen LogP contribution in [0.1, 0.15) is 125 Å². The van der Waals surface area contributed by atoms with Crippen molar-refractivity contribution in [1.82, 2.24) is 0 Å². The number of hydrogen-bond acceptors (Lipinski definition) is 9. The molecule has 0 aliphatic heterocycles. The molecule has 0 radical (unpaired) electrons. The van der Waals surface area contributed by atoms with Crippen LogP contribution in [0.25, 0.3) is 0 Å². The fraction of sp³-hybridized carbons (Fsp3) is 0.733. The van der Waals surface area contributed by atoms with Crippen molar-refractivity contribution in [3.05, 3.63) is 23.7 Å². The van der Waals surface area contributed by atoms with Gasteiger partial charge >= 0.3 is 24.2 Å². The summed E-state index contributed by atoms with van der Waals surface area (Å²) in [4.78, 5) is 56.1. The summed E-state index contributed by atoms with van der Waals surface area (Å²) in [5, 5.41) is 0. The maximum atomic E-state index is 11.9. The van der Waals surface area contributed by atoms with Crippen molar-refractivity contribution in [2.75, 3.05) is 0 Å². The van der Waals surface area contributed by atoms with E-state index in [1.54, 1.807) is 6.07 Å². The van der Waals surface area contributed by atoms with Gasteiger partial charge in [-0.25, -0.2) is 4.79 Å². The van der Waals surface area contributed by atoms with Crippen LogP contribution in [-0.4, -0.2) is 35.4 Å². The third kappa shape index (κ3) is 18.0. The van der Waals surface area contributed by atoms with E-state index in [9.17, 15) is 9.59 Å². The molecule has 1 aliphatic carbocycles. The molecule has 0 atom stereocenters. The largest absolute Gasteiger partial charge is 0.460 e. The van der Waals surface area contributed by atoms with Crippen LogP contribution >= 0.6 is 0 Å². The highest BCUT2D eigenvalue weighted by Crippen LogP contribution is 2.40. The maximum absolute atomic E-state index is 11.9. The molecule has 9 heteroatoms. The van der Waals surface area contributed by atoms with Gasteiger partial charge in [-0.2, -0.15) is 19.2 Å². The lowest BCUT2D eigenvalue weighted by Gasteiger charge is -2.36. The molecule has 1 aromatic heterocycles. The van der Waals surface area contributed by atoms with E-state index in [2.05, 4.69) is 20.8 Å². The molecule has 0 unspecified atom stereocenters. The Balaban J connectivity index is 0. The predicted octanol–water partition coefficient (Wildman–Crippen LogP) is 6.55. The quantitative estimate of drug-likeness (QED) is 0.374. The first kappa shape index (κ1) is 38.1. The molecule has 0 N–H and O–H groups in total. The second-order valence-electron chi connectivity index (χ2n) is 13.5. The SMILES string of the molecule is CC(C)(C)OC(=O)C1CCC(C(C)(C)C)CC1.CC(C)(C)OC(=O)c1ccc(C(C)(C)C)o1.O=C=O.O=C=O. The molecule has 0 bridgehead atoms. The molecule has 0 amide bonds. The minimum Gasteiger partial charge on any atom is -0.460 e. The Bertz CT molecular complexity index is 928. The monoisotopic (exact) mass is 552 g/mol. The first-order chi connectivity index (χ1) is 17.5. The number of hydrogen-bond donors (Lipinski definition) is 0. The summed E-state index contributed by atoms with van der Waals surface area (Å²) in [7, 11) is 0. The zero-order valence-electron chi connectivity index (χ0n) is 25.8. The Hall–Kier alpha value is -3.02. The van der Waals surface area contributed by atoms with E-state index < -0.39 is 11.6 Å². The summed E-state index contributed by atoms with van der Waals surface area (Å²) >= 11 is 0. The minimum atomic E-state index is -0.494. The molecule has 0 saturated heterocycles. The Kier molecular flexibility index (Phi) is 15.8. The molecule has 1 saturated carbocycles. The highest BCUT2D eigenvalue weighted by Gasteiger charge is 2.34. The topological polar surface area (TPSA) is 134 Å². The van der Waals surface area contributed by atoms with Crippen LogP contribution < -0.4 is 0 Å². The summed E-state index contributed by atoms with van der Waals surface area (Å²) < 4.78 is 16.2. The van der Waals surface area contributed by atoms with Gasteiger partial charge < -0.3 is 13.9 Å². The lowest BCUT2D eigenvalue weighted by atomic mass is 9.70. The fourth-order valence-corrected chi connectivity index (χ4v) is 3.76. The van der Waals surface area contributed by atoms with Gasteiger partial charge in [0, 0.05) is 5.41 Å². The van der Waals surface area contributed by atoms with Crippen molar-refractivity contribution in [1.29, 1.82) is 0 Å². The summed E-state index contributed by atoms with van der Waals surface area (Å²) in [6.07, 6.45) is 4.81. The van der Waals surface area contributed by atoms with Crippen molar-refractivity contribution in [3.63, 3.8) is 0 Å². The van der Waals surface area contributed by atoms with E-state index >= 15 is 0 Å². The molecule has 2 rings (SSSR count). The molecule has 1 heterocycles. The first-order valence-electron chi connectivity index (χ1n) is 13.1. The molecular weight excluding hydrogens is 504 g/mol. The Morgan fingerprint density at radius 1 is 0.718 bits per heavy atom. The van der Waals surface area contributed by atoms with Gasteiger partial charge in [-0.3, -0.25) is 4.79 Å². The van der Waals surface area contributed by atoms with E-state index in [0.29, 0.717) is 5.41 Å². The molecule has 1 aromatic rings. The van der Waals surface area contributed by atoms with Crippen molar-refractivity contribution in [2.45, 2.75) is 125 Å². The van der Waals surface area contributed by atoms with E-state index in [-0.39, 0.29) is 41.0 Å². The first-order valence-corrected chi connectivity index (χ1v) is 13.1. The molecule has 222 valence electrons. The van der Waals surface area contributed by atoms with Crippen LogP contribution in [0.2, 0.25) is 0 Å². The average Bonchev–Trinajstić information content (AvgIpc) is 3.24. The highest BCUT2D eigenvalue weighted by atomic mass is 16.6. The summed E-state index contributed by atoms with van der Waals surface area (Å²) in [6.45, 7) is 24.3. The number of furan rings is 1. The standard InChI is InChI=1S/C15H28O2.C13H20O3.2CO2/c1-14(2,3)12-9-7-11(8-10-12)13(16)17-15(4,5)6;1-12(2,3)10-8-7-9(15-10)11(14)16-13(4,5)6;2*2-1-3/h11-12H,7-10H2,1-6H3;7-8H,1-6H3;;. The van der Waals surface area contributed by atoms with E-state index in [1.807, 2.05) is 68.4 Å². The van der Waals surface area contributed by atoms with E-state index in [4.69, 9.17) is 33.1 Å². The number of carbonyl (C=O) groups excluding carboxylic acids is 6. The van der Waals surface area contributed by atoms with Gasteiger partial charge in [-0.1, -0.05) is 41.5 Å². The molecule has 39 heavy (non-hydrogen) atoms. The number of esters is 2. The fourth-order valence-electron chi connectivity index (χ4n) is 3.76. The number of carbonyl (C=O) groups is 2. The summed E-state index contributed by atoms with van der Waals surface area (Å²) in [5.74, 6) is 1.52. The zero-order chi connectivity index (χ0) is 31.2. The molecule has 1 aliphatic rings. The van der Waals surface area contributed by atoms with Gasteiger partial charge in [0.05, 0.1) is 5.92 Å². The highest BCUT2D eigenvalue weighted by molar-refractivity contribution is 5.86. The van der Waals surface area contributed by atoms with Gasteiger partial charge in [0.25, 0.3) is 0 Å². The molecule has 9 nitrogen and oxygen atoms in total. The third-order valence-corrected chi connectivity index (χ3v) is 5.64. The zero-order valence-corrected chi connectivity index (χ0v) is 25.8. The van der Waals surface area contributed by atoms with Crippen LogP contribution in [0.3, 0.4) is 0 Å². The summed E-state index contributed by atoms with van der Waals surface area (Å²) in [6, 6.07) is 3.48. The Morgan fingerprint density at radius 3 is 1.44 bits per heavy atom. The van der Waals surface area contributed by atoms with Gasteiger partial charge in [0.15, 0.2) is 0 Å². The van der Waals surface area contributed by atoms with Crippen molar-refractivity contribution in [2.24, 2.45) is 17.3 Å². The molecule has 0 aromatic carbocycles. The molecule has 1 fully saturated rings. The lowest BCUT2D eigenvalue weighted by molar-refractivity contribution is -0.193. The molecular formula is C30H48O9. The van der Waals surface area contributed by atoms with Gasteiger partial charge in [0.2, 0.25) is 5.76 Å². The Labute approximate surface area is 233 Å². The average molecular weight is 553 g/mol. The third-order valence-electron chi connectivity index (χ3n) is 5.64. The number of ether oxygens (including phenoxy) is 2. The minimum absolute atomic E-state index is 0.00450. The second kappa shape index (κ2) is 16.2. The van der Waals surface area contributed by atoms with Crippen LogP contribution in [0.15, 0.2) is 16.5 Å². The molecule has 0 spiro atoms. The van der Waals surface area contributed by atoms with Crippen LogP contribution in [-0.2, 0) is 38.9 Å². The Morgan fingerprint density at radius 2 is 1.13 bits per heavy atom. The lowest BCUT2D eigenvalue weighted by Crippen LogP contribution is -2.33. The predicted molar refractivity (Wildman–Crippen MR) is 143 cm³/mol. The van der Waals surface area contributed by atoms with Crippen molar-refractivity contribution in [3.8, 4) is 0 Å². The van der Waals surface area contributed by atoms with Gasteiger partial charge in [-0.05, 0) is 90.7 Å². The van der Waals surface area contributed by atoms with Gasteiger partial charge in [-0.15, -0.1) is 0 Å². The maximum Gasteiger partial charge on any atom is 0.374 e. The van der Waals surface area contributed by atoms with Crippen LogP contribution in [0.5, 0.6) is 0 Å². The van der Waals surface area contributed by atoms with Crippen molar-refractivity contribution < 1.29 is 42.7 Å². The van der Waals surface area contributed by atoms with Crippen molar-refractivity contribution >= 4 is 24.2 Å². The van der Waals surface area contributed by atoms with E-state index in [1.165, 1.54) is 0 Å². The van der Waals surface area contributed by atoms with Gasteiger partial charge in [0.1, 0.15) is 17.0 Å². The van der Waals surface area contributed by atoms with Crippen LogP contribution in [0.4, 0.5) is 0 Å². The smallest absolute Gasteiger partial charge is 0.374 e.